The number of hydrogen-bond donors (Lipinski definition) is 2. The van der Waals surface area contributed by atoms with E-state index in [0.29, 0.717) is 29.9 Å². The third-order valence-corrected chi connectivity index (χ3v) is 4.36. The van der Waals surface area contributed by atoms with Crippen LogP contribution in [0, 0.1) is 6.92 Å². The van der Waals surface area contributed by atoms with Crippen LogP contribution >= 0.6 is 0 Å². The predicted octanol–water partition coefficient (Wildman–Crippen LogP) is 5.30. The lowest BCUT2D eigenvalue weighted by Crippen LogP contribution is -2.15. The normalized spacial score (nSPS) is 10.7. The summed E-state index contributed by atoms with van der Waals surface area (Å²) in [4.78, 5) is 21.4. The molecule has 29 heavy (non-hydrogen) atoms. The SMILES string of the molecule is CCOc1ccccc1Nc1cc(C(=O)Nc2ccc(C(C)C)cc2)nc(C)n1. The third-order valence-electron chi connectivity index (χ3n) is 4.36. The highest BCUT2D eigenvalue weighted by molar-refractivity contribution is 6.03. The molecule has 6 heteroatoms. The third kappa shape index (κ3) is 5.31. The monoisotopic (exact) mass is 390 g/mol. The van der Waals surface area contributed by atoms with E-state index in [1.54, 1.807) is 13.0 Å². The van der Waals surface area contributed by atoms with Crippen LogP contribution in [0.2, 0.25) is 0 Å². The molecule has 0 atom stereocenters. The van der Waals surface area contributed by atoms with Crippen molar-refractivity contribution in [1.29, 1.82) is 0 Å². The molecule has 0 radical (unpaired) electrons. The molecule has 0 aliphatic carbocycles. The van der Waals surface area contributed by atoms with Gasteiger partial charge in [-0.3, -0.25) is 4.79 Å². The van der Waals surface area contributed by atoms with Crippen molar-refractivity contribution in [2.75, 3.05) is 17.2 Å². The van der Waals surface area contributed by atoms with E-state index in [2.05, 4.69) is 34.4 Å². The zero-order chi connectivity index (χ0) is 20.8. The molecule has 0 aliphatic heterocycles. The van der Waals surface area contributed by atoms with Crippen LogP contribution in [0.5, 0.6) is 5.75 Å². The van der Waals surface area contributed by atoms with Gasteiger partial charge in [0.15, 0.2) is 0 Å². The minimum absolute atomic E-state index is 0.283. The molecule has 6 nitrogen and oxygen atoms in total. The molecule has 0 saturated heterocycles. The fourth-order valence-corrected chi connectivity index (χ4v) is 2.88. The van der Waals surface area contributed by atoms with Gasteiger partial charge >= 0.3 is 0 Å². The number of nitrogens with one attached hydrogen (secondary N) is 2. The molecule has 2 N–H and O–H groups in total. The second kappa shape index (κ2) is 9.19. The zero-order valence-corrected chi connectivity index (χ0v) is 17.2. The lowest BCUT2D eigenvalue weighted by atomic mass is 10.0. The molecule has 0 saturated carbocycles. The van der Waals surface area contributed by atoms with Crippen molar-refractivity contribution in [3.63, 3.8) is 0 Å². The Hall–Kier alpha value is -3.41. The summed E-state index contributed by atoms with van der Waals surface area (Å²) < 4.78 is 5.64. The molecule has 1 heterocycles. The number of rotatable bonds is 7. The maximum atomic E-state index is 12.7. The quantitative estimate of drug-likeness (QED) is 0.572. The van der Waals surface area contributed by atoms with Crippen LogP contribution in [0.1, 0.15) is 48.6 Å². The largest absolute Gasteiger partial charge is 0.492 e. The van der Waals surface area contributed by atoms with Gasteiger partial charge in [-0.05, 0) is 49.6 Å². The van der Waals surface area contributed by atoms with Crippen LogP contribution in [-0.2, 0) is 0 Å². The van der Waals surface area contributed by atoms with E-state index < -0.39 is 0 Å². The van der Waals surface area contributed by atoms with Crippen molar-refractivity contribution in [3.8, 4) is 5.75 Å². The number of nitrogens with zero attached hydrogens (tertiary/aromatic N) is 2. The Morgan fingerprint density at radius 1 is 1.07 bits per heavy atom. The van der Waals surface area contributed by atoms with Crippen LogP contribution in [0.15, 0.2) is 54.6 Å². The summed E-state index contributed by atoms with van der Waals surface area (Å²) in [6.45, 7) is 8.52. The Kier molecular flexibility index (Phi) is 6.44. The van der Waals surface area contributed by atoms with E-state index in [9.17, 15) is 4.79 Å². The van der Waals surface area contributed by atoms with Gasteiger partial charge in [-0.2, -0.15) is 0 Å². The van der Waals surface area contributed by atoms with E-state index in [4.69, 9.17) is 4.74 Å². The molecule has 0 unspecified atom stereocenters. The number of hydrogen-bond acceptors (Lipinski definition) is 5. The Balaban J connectivity index is 1.79. The summed E-state index contributed by atoms with van der Waals surface area (Å²) in [5.41, 5.74) is 3.03. The number of anilines is 3. The summed E-state index contributed by atoms with van der Waals surface area (Å²) in [6.07, 6.45) is 0. The van der Waals surface area contributed by atoms with E-state index in [0.717, 1.165) is 17.1 Å². The molecular weight excluding hydrogens is 364 g/mol. The maximum Gasteiger partial charge on any atom is 0.274 e. The van der Waals surface area contributed by atoms with E-state index in [-0.39, 0.29) is 5.91 Å². The molecule has 0 bridgehead atoms. The average Bonchev–Trinajstić information content (AvgIpc) is 2.69. The Bertz CT molecular complexity index is 984. The number of amides is 1. The van der Waals surface area contributed by atoms with Gasteiger partial charge in [-0.25, -0.2) is 9.97 Å². The lowest BCUT2D eigenvalue weighted by molar-refractivity contribution is 0.102. The van der Waals surface area contributed by atoms with Crippen molar-refractivity contribution in [2.45, 2.75) is 33.6 Å². The standard InChI is InChI=1S/C23H26N4O2/c1-5-29-21-9-7-6-8-19(21)27-22-14-20(24-16(4)25-22)23(28)26-18-12-10-17(11-13-18)15(2)3/h6-15H,5H2,1-4H3,(H,26,28)(H,24,25,27). The van der Waals surface area contributed by atoms with Crippen LogP contribution < -0.4 is 15.4 Å². The smallest absolute Gasteiger partial charge is 0.274 e. The molecule has 0 spiro atoms. The first-order valence-corrected chi connectivity index (χ1v) is 9.72. The zero-order valence-electron chi connectivity index (χ0n) is 17.2. The van der Waals surface area contributed by atoms with Crippen LogP contribution in [-0.4, -0.2) is 22.5 Å². The number of aromatic nitrogens is 2. The summed E-state index contributed by atoms with van der Waals surface area (Å²) in [6, 6.07) is 17.1. The van der Waals surface area contributed by atoms with E-state index >= 15 is 0 Å². The van der Waals surface area contributed by atoms with Crippen LogP contribution in [0.25, 0.3) is 0 Å². The molecule has 2 aromatic carbocycles. The minimum atomic E-state index is -0.283. The molecule has 150 valence electrons. The molecular formula is C23H26N4O2. The molecule has 3 aromatic rings. The summed E-state index contributed by atoms with van der Waals surface area (Å²) in [7, 11) is 0. The van der Waals surface area contributed by atoms with Crippen molar-refractivity contribution < 1.29 is 9.53 Å². The van der Waals surface area contributed by atoms with Crippen molar-refractivity contribution in [2.24, 2.45) is 0 Å². The van der Waals surface area contributed by atoms with E-state index in [1.165, 1.54) is 5.56 Å². The summed E-state index contributed by atoms with van der Waals surface area (Å²) >= 11 is 0. The number of ether oxygens (including phenoxy) is 1. The highest BCUT2D eigenvalue weighted by Crippen LogP contribution is 2.27. The van der Waals surface area contributed by atoms with Crippen molar-refractivity contribution in [1.82, 2.24) is 9.97 Å². The lowest BCUT2D eigenvalue weighted by Gasteiger charge is -2.13. The Labute approximate surface area is 171 Å². The second-order valence-electron chi connectivity index (χ2n) is 6.97. The average molecular weight is 390 g/mol. The predicted molar refractivity (Wildman–Crippen MR) is 116 cm³/mol. The second-order valence-corrected chi connectivity index (χ2v) is 6.97. The van der Waals surface area contributed by atoms with E-state index in [1.807, 2.05) is 55.5 Å². The van der Waals surface area contributed by atoms with Gasteiger partial charge in [0, 0.05) is 11.8 Å². The molecule has 3 rings (SSSR count). The first kappa shape index (κ1) is 20.3. The molecule has 1 amide bonds. The van der Waals surface area contributed by atoms with Gasteiger partial charge in [0.25, 0.3) is 5.91 Å². The fraction of sp³-hybridized carbons (Fsp3) is 0.261. The highest BCUT2D eigenvalue weighted by Gasteiger charge is 2.12. The molecule has 1 aromatic heterocycles. The van der Waals surface area contributed by atoms with Gasteiger partial charge in [-0.15, -0.1) is 0 Å². The highest BCUT2D eigenvalue weighted by atomic mass is 16.5. The summed E-state index contributed by atoms with van der Waals surface area (Å²) in [5.74, 6) is 1.92. The van der Waals surface area contributed by atoms with Crippen molar-refractivity contribution in [3.05, 3.63) is 71.7 Å². The first-order chi connectivity index (χ1) is 14.0. The molecule has 0 fully saturated rings. The maximum absolute atomic E-state index is 12.7. The van der Waals surface area contributed by atoms with Crippen LogP contribution in [0.3, 0.4) is 0 Å². The minimum Gasteiger partial charge on any atom is -0.492 e. The Morgan fingerprint density at radius 3 is 2.48 bits per heavy atom. The number of aryl methyl sites for hydroxylation is 1. The van der Waals surface area contributed by atoms with Gasteiger partial charge < -0.3 is 15.4 Å². The fourth-order valence-electron chi connectivity index (χ4n) is 2.88. The van der Waals surface area contributed by atoms with Crippen LogP contribution in [0.4, 0.5) is 17.2 Å². The van der Waals surface area contributed by atoms with Crippen molar-refractivity contribution >= 4 is 23.1 Å². The number of para-hydroxylation sites is 2. The topological polar surface area (TPSA) is 76.1 Å². The van der Waals surface area contributed by atoms with Gasteiger partial charge in [0.2, 0.25) is 0 Å². The number of benzene rings is 2. The number of carbonyl (C=O) groups is 1. The summed E-state index contributed by atoms with van der Waals surface area (Å²) in [5, 5.41) is 6.11. The number of carbonyl (C=O) groups excluding carboxylic acids is 1. The first-order valence-electron chi connectivity index (χ1n) is 9.72. The molecule has 0 aliphatic rings. The van der Waals surface area contributed by atoms with Gasteiger partial charge in [0.05, 0.1) is 12.3 Å². The van der Waals surface area contributed by atoms with Gasteiger partial charge in [0.1, 0.15) is 23.1 Å². The Morgan fingerprint density at radius 2 is 1.79 bits per heavy atom. The van der Waals surface area contributed by atoms with Gasteiger partial charge in [-0.1, -0.05) is 38.1 Å².